The summed E-state index contributed by atoms with van der Waals surface area (Å²) in [4.78, 5) is 47.8. The number of aromatic nitrogens is 1. The van der Waals surface area contributed by atoms with E-state index in [1.165, 1.54) is 0 Å². The molecule has 45 heavy (non-hydrogen) atoms. The molecule has 0 saturated carbocycles. The SMILES string of the molecule is CC(C)[C@H](O)C(=O)NC1Cc2ccc3c(c2)C2(c4ccccc4NC2O3)c2oc(nc2C(=O)N2CCCC2)[C@H](C(C)C)NC1=O. The van der Waals surface area contributed by atoms with E-state index in [1.54, 1.807) is 13.8 Å². The number of carbonyl (C=O) groups excluding carboxylic acids is 3. The Kier molecular flexibility index (Phi) is 7.11. The summed E-state index contributed by atoms with van der Waals surface area (Å²) in [5.74, 6) is -0.551. The highest BCUT2D eigenvalue weighted by atomic mass is 16.5. The Morgan fingerprint density at radius 3 is 2.56 bits per heavy atom. The van der Waals surface area contributed by atoms with Gasteiger partial charge in [-0.05, 0) is 47.9 Å². The lowest BCUT2D eigenvalue weighted by Gasteiger charge is -2.29. The molecule has 1 fully saturated rings. The van der Waals surface area contributed by atoms with Crippen LogP contribution in [0.25, 0.3) is 0 Å². The summed E-state index contributed by atoms with van der Waals surface area (Å²) in [6.45, 7) is 8.63. The van der Waals surface area contributed by atoms with Gasteiger partial charge in [0.1, 0.15) is 29.4 Å². The molecule has 2 aromatic carbocycles. The van der Waals surface area contributed by atoms with Crippen molar-refractivity contribution in [1.82, 2.24) is 20.5 Å². The van der Waals surface area contributed by atoms with Crippen LogP contribution in [0.4, 0.5) is 5.69 Å². The maximum Gasteiger partial charge on any atom is 0.276 e. The molecule has 11 nitrogen and oxygen atoms in total. The van der Waals surface area contributed by atoms with E-state index < -0.39 is 41.6 Å². The third-order valence-corrected chi connectivity index (χ3v) is 9.55. The monoisotopic (exact) mass is 613 g/mol. The Labute approximate surface area is 261 Å². The molecule has 5 atom stereocenters. The van der Waals surface area contributed by atoms with Gasteiger partial charge in [0.05, 0.1) is 0 Å². The zero-order valence-electron chi connectivity index (χ0n) is 25.9. The largest absolute Gasteiger partial charge is 0.469 e. The van der Waals surface area contributed by atoms with Crippen LogP contribution in [0, 0.1) is 11.8 Å². The van der Waals surface area contributed by atoms with Crippen LogP contribution in [0.1, 0.15) is 85.4 Å². The smallest absolute Gasteiger partial charge is 0.276 e. The molecule has 1 saturated heterocycles. The number of nitrogens with one attached hydrogen (secondary N) is 3. The van der Waals surface area contributed by atoms with Crippen molar-refractivity contribution in [2.24, 2.45) is 11.8 Å². The summed E-state index contributed by atoms with van der Waals surface area (Å²) >= 11 is 0. The zero-order valence-corrected chi connectivity index (χ0v) is 25.9. The van der Waals surface area contributed by atoms with Gasteiger partial charge in [-0.15, -0.1) is 0 Å². The molecule has 4 aliphatic heterocycles. The van der Waals surface area contributed by atoms with E-state index in [0.29, 0.717) is 24.6 Å². The number of hydrogen-bond donors (Lipinski definition) is 4. The average molecular weight is 614 g/mol. The predicted molar refractivity (Wildman–Crippen MR) is 165 cm³/mol. The van der Waals surface area contributed by atoms with Crippen molar-refractivity contribution in [3.8, 4) is 5.75 Å². The minimum Gasteiger partial charge on any atom is -0.469 e. The van der Waals surface area contributed by atoms with Gasteiger partial charge in [-0.1, -0.05) is 58.0 Å². The highest BCUT2D eigenvalue weighted by Crippen LogP contribution is 2.58. The topological polar surface area (TPSA) is 146 Å². The van der Waals surface area contributed by atoms with E-state index in [2.05, 4.69) is 16.0 Å². The Morgan fingerprint density at radius 1 is 1.07 bits per heavy atom. The Balaban J connectivity index is 1.46. The fraction of sp³-hybridized carbons (Fsp3) is 0.471. The lowest BCUT2D eigenvalue weighted by Crippen LogP contribution is -2.52. The number of rotatable bonds is 5. The average Bonchev–Trinajstić information content (AvgIpc) is 3.80. The van der Waals surface area contributed by atoms with Crippen LogP contribution in [-0.4, -0.2) is 64.2 Å². The van der Waals surface area contributed by atoms with Crippen LogP contribution < -0.4 is 20.7 Å². The molecule has 3 unspecified atom stereocenters. The molecule has 1 aromatic heterocycles. The van der Waals surface area contributed by atoms with Crippen LogP contribution in [-0.2, 0) is 21.4 Å². The van der Waals surface area contributed by atoms with Crippen molar-refractivity contribution in [3.63, 3.8) is 0 Å². The van der Waals surface area contributed by atoms with E-state index >= 15 is 0 Å². The van der Waals surface area contributed by atoms with Crippen LogP contribution in [0.5, 0.6) is 5.75 Å². The van der Waals surface area contributed by atoms with Gasteiger partial charge in [-0.25, -0.2) is 4.98 Å². The molecular formula is C34H39N5O6. The lowest BCUT2D eigenvalue weighted by atomic mass is 9.72. The third kappa shape index (κ3) is 4.58. The molecule has 1 spiro atoms. The molecule has 3 amide bonds. The molecule has 4 aliphatic rings. The summed E-state index contributed by atoms with van der Waals surface area (Å²) < 4.78 is 13.3. The minimum atomic E-state index is -1.27. The molecule has 5 heterocycles. The second kappa shape index (κ2) is 10.9. The lowest BCUT2D eigenvalue weighted by molar-refractivity contribution is -0.135. The van der Waals surface area contributed by atoms with Crippen molar-refractivity contribution >= 4 is 23.4 Å². The fourth-order valence-corrected chi connectivity index (χ4v) is 7.08. The maximum atomic E-state index is 14.2. The summed E-state index contributed by atoms with van der Waals surface area (Å²) in [6.07, 6.45) is 0.123. The molecule has 3 aromatic rings. The van der Waals surface area contributed by atoms with E-state index in [0.717, 1.165) is 35.2 Å². The molecule has 4 bridgehead atoms. The number of aliphatic hydroxyl groups is 1. The second-order valence-corrected chi connectivity index (χ2v) is 13.2. The van der Waals surface area contributed by atoms with Gasteiger partial charge in [-0.3, -0.25) is 14.4 Å². The molecule has 7 rings (SSSR count). The molecule has 236 valence electrons. The number of amides is 3. The first-order valence-electron chi connectivity index (χ1n) is 15.8. The summed E-state index contributed by atoms with van der Waals surface area (Å²) in [6, 6.07) is 11.9. The van der Waals surface area contributed by atoms with Crippen molar-refractivity contribution in [1.29, 1.82) is 0 Å². The summed E-state index contributed by atoms with van der Waals surface area (Å²) in [7, 11) is 0. The molecule has 11 heteroatoms. The number of fused-ring (bicyclic) bond motifs is 4. The first-order chi connectivity index (χ1) is 21.6. The van der Waals surface area contributed by atoms with Crippen molar-refractivity contribution in [2.75, 3.05) is 18.4 Å². The van der Waals surface area contributed by atoms with Gasteiger partial charge >= 0.3 is 0 Å². The van der Waals surface area contributed by atoms with E-state index in [-0.39, 0.29) is 35.7 Å². The molecular weight excluding hydrogens is 574 g/mol. The van der Waals surface area contributed by atoms with Crippen LogP contribution >= 0.6 is 0 Å². The number of carbonyl (C=O) groups is 3. The third-order valence-electron chi connectivity index (χ3n) is 9.55. The first kappa shape index (κ1) is 29.3. The molecule has 4 N–H and O–H groups in total. The zero-order chi connectivity index (χ0) is 31.6. The Morgan fingerprint density at radius 2 is 1.82 bits per heavy atom. The van der Waals surface area contributed by atoms with E-state index in [4.69, 9.17) is 14.1 Å². The van der Waals surface area contributed by atoms with Gasteiger partial charge in [0, 0.05) is 30.8 Å². The Bertz CT molecular complexity index is 1680. The number of benzene rings is 2. The number of para-hydroxylation sites is 1. The van der Waals surface area contributed by atoms with Crippen LogP contribution in [0.15, 0.2) is 46.9 Å². The molecule has 0 aliphatic carbocycles. The predicted octanol–water partition coefficient (Wildman–Crippen LogP) is 3.26. The highest BCUT2D eigenvalue weighted by molar-refractivity contribution is 5.95. The van der Waals surface area contributed by atoms with Gasteiger partial charge in [0.2, 0.25) is 17.7 Å². The standard InChI is InChI=1S/C34H39N5O6/c1-17(2)25-31-38-26(32(43)39-13-7-8-14-39)28(45-31)34-20-9-5-6-10-22(20)36-33(34)44-24-12-11-19(15-21(24)34)16-23(29(41)37-25)35-30(42)27(40)18(3)4/h5-6,9-12,15,17-18,23,25,27,33,36,40H,7-8,13-14,16H2,1-4H3,(H,35,42)(H,37,41)/t23?,25-,27-,33?,34?/m0/s1. The Hall–Kier alpha value is -4.38. The highest BCUT2D eigenvalue weighted by Gasteiger charge is 2.61. The second-order valence-electron chi connectivity index (χ2n) is 13.2. The minimum absolute atomic E-state index is 0.169. The maximum absolute atomic E-state index is 14.2. The van der Waals surface area contributed by atoms with E-state index in [1.807, 2.05) is 61.2 Å². The quantitative estimate of drug-likeness (QED) is 0.343. The van der Waals surface area contributed by atoms with Crippen molar-refractivity contribution in [2.45, 2.75) is 76.8 Å². The number of hydrogen-bond acceptors (Lipinski definition) is 8. The van der Waals surface area contributed by atoms with Crippen molar-refractivity contribution < 1.29 is 28.6 Å². The number of anilines is 1. The van der Waals surface area contributed by atoms with Gasteiger partial charge in [-0.2, -0.15) is 0 Å². The number of nitrogens with zero attached hydrogens (tertiary/aromatic N) is 2. The van der Waals surface area contributed by atoms with E-state index in [9.17, 15) is 19.5 Å². The first-order valence-corrected chi connectivity index (χ1v) is 15.8. The number of ether oxygens (including phenoxy) is 1. The number of aliphatic hydroxyl groups excluding tert-OH is 1. The van der Waals surface area contributed by atoms with Gasteiger partial charge in [0.15, 0.2) is 17.7 Å². The summed E-state index contributed by atoms with van der Waals surface area (Å²) in [5.41, 5.74) is 2.49. The van der Waals surface area contributed by atoms with Gasteiger partial charge < -0.3 is 35.1 Å². The molecule has 0 radical (unpaired) electrons. The fourth-order valence-electron chi connectivity index (χ4n) is 7.08. The number of oxazole rings is 1. The summed E-state index contributed by atoms with van der Waals surface area (Å²) in [5, 5.41) is 19.8. The number of likely N-dealkylation sites (tertiary alicyclic amines) is 1. The van der Waals surface area contributed by atoms with Crippen LogP contribution in [0.2, 0.25) is 0 Å². The van der Waals surface area contributed by atoms with Crippen LogP contribution in [0.3, 0.4) is 0 Å². The van der Waals surface area contributed by atoms with Gasteiger partial charge in [0.25, 0.3) is 5.91 Å². The van der Waals surface area contributed by atoms with Crippen molar-refractivity contribution in [3.05, 3.63) is 76.5 Å². The normalized spacial score (nSPS) is 25.4.